The molecular formula is C22H26N6. The molecule has 1 atom stereocenters. The minimum Gasteiger partial charge on any atom is -0.286 e. The number of hydrogen-bond donors (Lipinski definition) is 0. The lowest BCUT2D eigenvalue weighted by atomic mass is 10.2. The van der Waals surface area contributed by atoms with E-state index in [4.69, 9.17) is 9.97 Å². The van der Waals surface area contributed by atoms with Gasteiger partial charge in [-0.1, -0.05) is 12.1 Å². The minimum atomic E-state index is -0.0316. The van der Waals surface area contributed by atoms with Crippen LogP contribution in [0.3, 0.4) is 0 Å². The zero-order chi connectivity index (χ0) is 19.9. The van der Waals surface area contributed by atoms with Crippen molar-refractivity contribution in [3.63, 3.8) is 0 Å². The van der Waals surface area contributed by atoms with Crippen LogP contribution in [0.4, 0.5) is 0 Å². The Hall–Kier alpha value is -3.02. The van der Waals surface area contributed by atoms with E-state index in [9.17, 15) is 0 Å². The third-order valence-electron chi connectivity index (χ3n) is 4.60. The number of hydrogen-bond acceptors (Lipinski definition) is 6. The molecule has 2 aromatic rings. The van der Waals surface area contributed by atoms with Gasteiger partial charge in [0.1, 0.15) is 0 Å². The summed E-state index contributed by atoms with van der Waals surface area (Å²) in [5.41, 5.74) is 6.23. The van der Waals surface area contributed by atoms with Crippen LogP contribution in [-0.4, -0.2) is 53.0 Å². The molecule has 3 rings (SSSR count). The Labute approximate surface area is 166 Å². The van der Waals surface area contributed by atoms with Crippen LogP contribution in [-0.2, 0) is 0 Å². The van der Waals surface area contributed by atoms with E-state index in [1.807, 2.05) is 70.3 Å². The van der Waals surface area contributed by atoms with Gasteiger partial charge in [0.05, 0.1) is 65.6 Å². The first kappa shape index (κ1) is 19.7. The lowest BCUT2D eigenvalue weighted by molar-refractivity contribution is 0.783. The molecule has 0 aromatic carbocycles. The third-order valence-corrected chi connectivity index (χ3v) is 4.60. The van der Waals surface area contributed by atoms with Crippen LogP contribution in [0.15, 0.2) is 56.4 Å². The van der Waals surface area contributed by atoms with Crippen LogP contribution in [0.2, 0.25) is 0 Å². The summed E-state index contributed by atoms with van der Waals surface area (Å²) in [5.74, 6) is 0. The Balaban J connectivity index is 1.96. The summed E-state index contributed by atoms with van der Waals surface area (Å²) in [6.45, 7) is 9.70. The Kier molecular flexibility index (Phi) is 6.53. The number of aromatic nitrogens is 2. The van der Waals surface area contributed by atoms with Crippen molar-refractivity contribution in [2.75, 3.05) is 19.6 Å². The number of fused-ring (bicyclic) bond motifs is 4. The molecule has 0 amide bonds. The maximum Gasteiger partial charge on any atom is 0.0888 e. The Morgan fingerprint density at radius 1 is 0.714 bits per heavy atom. The molecule has 1 unspecified atom stereocenters. The summed E-state index contributed by atoms with van der Waals surface area (Å²) in [4.78, 5) is 27.9. The largest absolute Gasteiger partial charge is 0.286 e. The van der Waals surface area contributed by atoms with Crippen molar-refractivity contribution in [3.05, 3.63) is 59.2 Å². The molecule has 0 spiro atoms. The van der Waals surface area contributed by atoms with Gasteiger partial charge in [0.15, 0.2) is 0 Å². The second-order valence-electron chi connectivity index (χ2n) is 6.72. The first-order valence-corrected chi connectivity index (χ1v) is 9.54. The maximum atomic E-state index is 4.72. The predicted octanol–water partition coefficient (Wildman–Crippen LogP) is 3.75. The van der Waals surface area contributed by atoms with Crippen molar-refractivity contribution >= 4 is 23.3 Å². The van der Waals surface area contributed by atoms with Gasteiger partial charge in [0.25, 0.3) is 0 Å². The number of pyridine rings is 2. The number of nitrogens with zero attached hydrogens (tertiary/aromatic N) is 6. The highest BCUT2D eigenvalue weighted by Gasteiger charge is 2.08. The van der Waals surface area contributed by atoms with Crippen molar-refractivity contribution < 1.29 is 0 Å². The summed E-state index contributed by atoms with van der Waals surface area (Å²) in [6, 6.07) is 11.9. The summed E-state index contributed by atoms with van der Waals surface area (Å²) >= 11 is 0. The molecule has 6 nitrogen and oxygen atoms in total. The quantitative estimate of drug-likeness (QED) is 0.704. The maximum absolute atomic E-state index is 4.72. The molecular weight excluding hydrogens is 348 g/mol. The van der Waals surface area contributed by atoms with E-state index in [-0.39, 0.29) is 6.04 Å². The normalized spacial score (nSPS) is 18.4. The highest BCUT2D eigenvalue weighted by molar-refractivity contribution is 6.01. The SMILES string of the molecule is CC1=NCC=NC(C)c2cccc(n2)C(C)=NCCN=C(C)c2cccc1n2. The zero-order valence-corrected chi connectivity index (χ0v) is 16.9. The van der Waals surface area contributed by atoms with Gasteiger partial charge in [0.2, 0.25) is 0 Å². The van der Waals surface area contributed by atoms with Crippen molar-refractivity contribution in [3.8, 4) is 0 Å². The molecule has 2 aromatic heterocycles. The monoisotopic (exact) mass is 374 g/mol. The number of rotatable bonds is 0. The molecule has 0 fully saturated rings. The Morgan fingerprint density at radius 3 is 1.89 bits per heavy atom. The molecule has 4 bridgehead atoms. The van der Waals surface area contributed by atoms with Crippen LogP contribution in [0.1, 0.15) is 56.5 Å². The van der Waals surface area contributed by atoms with Gasteiger partial charge >= 0.3 is 0 Å². The molecule has 144 valence electrons. The van der Waals surface area contributed by atoms with Crippen molar-refractivity contribution in [1.29, 1.82) is 0 Å². The molecule has 0 radical (unpaired) electrons. The van der Waals surface area contributed by atoms with E-state index < -0.39 is 0 Å². The summed E-state index contributed by atoms with van der Waals surface area (Å²) < 4.78 is 0. The standard InChI is InChI=1S/C22H26N6/c1-15-19-7-5-8-20(27-19)16(2)25-13-14-26-18(4)22-10-6-9-21(28-22)17(3)24-12-11-23-15/h5-11,15H,12-14H2,1-4H3. The summed E-state index contributed by atoms with van der Waals surface area (Å²) in [6.07, 6.45) is 1.84. The van der Waals surface area contributed by atoms with E-state index in [1.54, 1.807) is 0 Å². The topological polar surface area (TPSA) is 75.2 Å². The minimum absolute atomic E-state index is 0.0316. The second-order valence-corrected chi connectivity index (χ2v) is 6.72. The van der Waals surface area contributed by atoms with E-state index in [0.29, 0.717) is 19.6 Å². The first-order valence-electron chi connectivity index (χ1n) is 9.54. The lowest BCUT2D eigenvalue weighted by Gasteiger charge is -2.08. The summed E-state index contributed by atoms with van der Waals surface area (Å²) in [5, 5.41) is 0. The fraction of sp³-hybridized carbons (Fsp3) is 0.364. The molecule has 1 aliphatic rings. The molecule has 0 saturated carbocycles. The fourth-order valence-corrected chi connectivity index (χ4v) is 2.86. The van der Waals surface area contributed by atoms with Crippen LogP contribution in [0.5, 0.6) is 0 Å². The van der Waals surface area contributed by atoms with Gasteiger partial charge in [-0.15, -0.1) is 0 Å². The molecule has 28 heavy (non-hydrogen) atoms. The van der Waals surface area contributed by atoms with Gasteiger partial charge in [-0.2, -0.15) is 0 Å². The highest BCUT2D eigenvalue weighted by Crippen LogP contribution is 2.14. The molecule has 3 heterocycles. The van der Waals surface area contributed by atoms with Crippen LogP contribution >= 0.6 is 0 Å². The summed E-state index contributed by atoms with van der Waals surface area (Å²) in [7, 11) is 0. The Morgan fingerprint density at radius 2 is 1.25 bits per heavy atom. The fourth-order valence-electron chi connectivity index (χ4n) is 2.86. The molecule has 1 aliphatic heterocycles. The lowest BCUT2D eigenvalue weighted by Crippen LogP contribution is -2.08. The molecule has 0 saturated heterocycles. The second kappa shape index (κ2) is 9.26. The van der Waals surface area contributed by atoms with Crippen LogP contribution in [0, 0.1) is 0 Å². The highest BCUT2D eigenvalue weighted by atomic mass is 14.9. The average molecular weight is 374 g/mol. The molecule has 0 aliphatic carbocycles. The third kappa shape index (κ3) is 5.03. The van der Waals surface area contributed by atoms with Crippen molar-refractivity contribution in [2.24, 2.45) is 20.0 Å². The van der Waals surface area contributed by atoms with E-state index in [1.165, 1.54) is 0 Å². The van der Waals surface area contributed by atoms with E-state index in [0.717, 1.165) is 39.9 Å². The van der Waals surface area contributed by atoms with Crippen molar-refractivity contribution in [2.45, 2.75) is 33.7 Å². The Bertz CT molecular complexity index is 955. The van der Waals surface area contributed by atoms with Crippen LogP contribution < -0.4 is 0 Å². The predicted molar refractivity (Wildman–Crippen MR) is 117 cm³/mol. The first-order chi connectivity index (χ1) is 13.5. The van der Waals surface area contributed by atoms with Crippen molar-refractivity contribution in [1.82, 2.24) is 9.97 Å². The van der Waals surface area contributed by atoms with E-state index in [2.05, 4.69) is 20.0 Å². The van der Waals surface area contributed by atoms with Gasteiger partial charge < -0.3 is 0 Å². The van der Waals surface area contributed by atoms with Gasteiger partial charge in [-0.3, -0.25) is 20.0 Å². The van der Waals surface area contributed by atoms with Gasteiger partial charge in [-0.25, -0.2) is 9.97 Å². The molecule has 0 N–H and O–H groups in total. The number of aliphatic imine (C=N–C) groups is 4. The average Bonchev–Trinajstić information content (AvgIpc) is 2.73. The van der Waals surface area contributed by atoms with Gasteiger partial charge in [-0.05, 0) is 52.0 Å². The van der Waals surface area contributed by atoms with Gasteiger partial charge in [0, 0.05) is 6.21 Å². The molecule has 6 heteroatoms. The smallest absolute Gasteiger partial charge is 0.0888 e. The zero-order valence-electron chi connectivity index (χ0n) is 16.9. The van der Waals surface area contributed by atoms with E-state index >= 15 is 0 Å². The van der Waals surface area contributed by atoms with Crippen LogP contribution in [0.25, 0.3) is 0 Å².